The van der Waals surface area contributed by atoms with E-state index in [1.165, 1.54) is 0 Å². The van der Waals surface area contributed by atoms with Gasteiger partial charge in [-0.1, -0.05) is 20.8 Å². The first-order chi connectivity index (χ1) is 8.06. The average molecular weight is 256 g/mol. The van der Waals surface area contributed by atoms with E-state index in [-0.39, 0.29) is 6.10 Å². The first-order valence-electron chi connectivity index (χ1n) is 6.42. The third-order valence-electron chi connectivity index (χ3n) is 2.64. The molecule has 0 fully saturated rings. The van der Waals surface area contributed by atoms with E-state index in [1.54, 1.807) is 11.8 Å². The van der Waals surface area contributed by atoms with Crippen molar-refractivity contribution in [2.45, 2.75) is 58.4 Å². The standard InChI is InChI=1S/C13H24N2OS/c1-5-11-7-12(15(6-2)14-11)8-13(16)9-17-10(3)4/h7,10,13,16H,5-6,8-9H2,1-4H3. The number of thioether (sulfide) groups is 1. The summed E-state index contributed by atoms with van der Waals surface area (Å²) in [6, 6.07) is 2.12. The average Bonchev–Trinajstić information content (AvgIpc) is 2.68. The van der Waals surface area contributed by atoms with Crippen molar-refractivity contribution in [1.29, 1.82) is 0 Å². The number of nitrogens with zero attached hydrogens (tertiary/aromatic N) is 2. The Morgan fingerprint density at radius 2 is 2.12 bits per heavy atom. The molecular formula is C13H24N2OS. The predicted molar refractivity (Wildman–Crippen MR) is 74.6 cm³/mol. The van der Waals surface area contributed by atoms with Crippen LogP contribution in [0, 0.1) is 0 Å². The van der Waals surface area contributed by atoms with E-state index in [1.807, 2.05) is 4.68 Å². The highest BCUT2D eigenvalue weighted by molar-refractivity contribution is 7.99. The zero-order chi connectivity index (χ0) is 12.8. The normalized spacial score (nSPS) is 13.3. The molecule has 0 saturated heterocycles. The molecule has 0 aliphatic rings. The van der Waals surface area contributed by atoms with E-state index in [0.29, 0.717) is 11.7 Å². The van der Waals surface area contributed by atoms with Gasteiger partial charge in [-0.25, -0.2) is 0 Å². The molecule has 0 spiro atoms. The molecule has 3 nitrogen and oxygen atoms in total. The maximum Gasteiger partial charge on any atom is 0.0685 e. The van der Waals surface area contributed by atoms with Crippen molar-refractivity contribution < 1.29 is 5.11 Å². The van der Waals surface area contributed by atoms with Gasteiger partial charge in [-0.2, -0.15) is 16.9 Å². The molecule has 1 aromatic heterocycles. The lowest BCUT2D eigenvalue weighted by molar-refractivity contribution is 0.197. The van der Waals surface area contributed by atoms with E-state index < -0.39 is 0 Å². The number of aliphatic hydroxyl groups excluding tert-OH is 1. The maximum absolute atomic E-state index is 9.99. The number of aromatic nitrogens is 2. The molecule has 1 N–H and O–H groups in total. The highest BCUT2D eigenvalue weighted by atomic mass is 32.2. The Balaban J connectivity index is 2.57. The van der Waals surface area contributed by atoms with E-state index in [9.17, 15) is 5.11 Å². The summed E-state index contributed by atoms with van der Waals surface area (Å²) in [5, 5.41) is 15.1. The molecule has 1 aromatic rings. The number of hydrogen-bond acceptors (Lipinski definition) is 3. The van der Waals surface area contributed by atoms with Gasteiger partial charge >= 0.3 is 0 Å². The first-order valence-corrected chi connectivity index (χ1v) is 7.46. The predicted octanol–water partition coefficient (Wildman–Crippen LogP) is 2.51. The number of hydrogen-bond donors (Lipinski definition) is 1. The number of rotatable bonds is 7. The highest BCUT2D eigenvalue weighted by Crippen LogP contribution is 2.14. The lowest BCUT2D eigenvalue weighted by Gasteiger charge is -2.12. The molecule has 98 valence electrons. The Morgan fingerprint density at radius 1 is 1.41 bits per heavy atom. The van der Waals surface area contributed by atoms with Crippen LogP contribution in [0.4, 0.5) is 0 Å². The molecule has 4 heteroatoms. The second kappa shape index (κ2) is 7.07. The quantitative estimate of drug-likeness (QED) is 0.814. The van der Waals surface area contributed by atoms with Gasteiger partial charge in [0.2, 0.25) is 0 Å². The van der Waals surface area contributed by atoms with E-state index >= 15 is 0 Å². The zero-order valence-electron chi connectivity index (χ0n) is 11.3. The van der Waals surface area contributed by atoms with Gasteiger partial charge in [0.05, 0.1) is 11.8 Å². The molecule has 0 aliphatic carbocycles. The monoisotopic (exact) mass is 256 g/mol. The summed E-state index contributed by atoms with van der Waals surface area (Å²) in [6.07, 6.45) is 1.39. The molecule has 1 atom stereocenters. The summed E-state index contributed by atoms with van der Waals surface area (Å²) >= 11 is 1.80. The Morgan fingerprint density at radius 3 is 2.65 bits per heavy atom. The largest absolute Gasteiger partial charge is 0.392 e. The summed E-state index contributed by atoms with van der Waals surface area (Å²) in [5.41, 5.74) is 2.27. The molecule has 1 rings (SSSR count). The van der Waals surface area contributed by atoms with Crippen LogP contribution in [0.2, 0.25) is 0 Å². The Bertz CT molecular complexity index is 336. The van der Waals surface area contributed by atoms with Crippen molar-refractivity contribution in [2.75, 3.05) is 5.75 Å². The molecule has 0 saturated carbocycles. The summed E-state index contributed by atoms with van der Waals surface area (Å²) in [7, 11) is 0. The lowest BCUT2D eigenvalue weighted by Crippen LogP contribution is -2.17. The number of aryl methyl sites for hydroxylation is 2. The van der Waals surface area contributed by atoms with Gasteiger partial charge in [-0.3, -0.25) is 4.68 Å². The van der Waals surface area contributed by atoms with Crippen molar-refractivity contribution in [3.63, 3.8) is 0 Å². The second-order valence-electron chi connectivity index (χ2n) is 4.54. The van der Waals surface area contributed by atoms with Crippen LogP contribution in [0.1, 0.15) is 39.1 Å². The topological polar surface area (TPSA) is 38.0 Å². The molecule has 0 aromatic carbocycles. The van der Waals surface area contributed by atoms with Crippen LogP contribution in [0.5, 0.6) is 0 Å². The van der Waals surface area contributed by atoms with Gasteiger partial charge in [0.25, 0.3) is 0 Å². The molecule has 0 amide bonds. The lowest BCUT2D eigenvalue weighted by atomic mass is 10.2. The van der Waals surface area contributed by atoms with Crippen LogP contribution in [0.3, 0.4) is 0 Å². The summed E-state index contributed by atoms with van der Waals surface area (Å²) in [5.74, 6) is 0.800. The third-order valence-corrected chi connectivity index (χ3v) is 3.89. The van der Waals surface area contributed by atoms with Crippen LogP contribution in [-0.2, 0) is 19.4 Å². The van der Waals surface area contributed by atoms with E-state index in [0.717, 1.165) is 30.1 Å². The SMILES string of the molecule is CCc1cc(CC(O)CSC(C)C)n(CC)n1. The fourth-order valence-electron chi connectivity index (χ4n) is 1.73. The van der Waals surface area contributed by atoms with Crippen molar-refractivity contribution >= 4 is 11.8 Å². The van der Waals surface area contributed by atoms with Gasteiger partial charge in [0.15, 0.2) is 0 Å². The van der Waals surface area contributed by atoms with Crippen LogP contribution in [-0.4, -0.2) is 32.0 Å². The van der Waals surface area contributed by atoms with Crippen molar-refractivity contribution in [2.24, 2.45) is 0 Å². The summed E-state index contributed by atoms with van der Waals surface area (Å²) in [4.78, 5) is 0. The van der Waals surface area contributed by atoms with Crippen molar-refractivity contribution in [1.82, 2.24) is 9.78 Å². The fraction of sp³-hybridized carbons (Fsp3) is 0.769. The Kier molecular flexibility index (Phi) is 6.06. The fourth-order valence-corrected chi connectivity index (χ4v) is 2.45. The zero-order valence-corrected chi connectivity index (χ0v) is 12.1. The minimum Gasteiger partial charge on any atom is -0.392 e. The van der Waals surface area contributed by atoms with Gasteiger partial charge in [0.1, 0.15) is 0 Å². The number of aliphatic hydroxyl groups is 1. The van der Waals surface area contributed by atoms with E-state index in [4.69, 9.17) is 0 Å². The van der Waals surface area contributed by atoms with Crippen molar-refractivity contribution in [3.8, 4) is 0 Å². The molecule has 0 aliphatic heterocycles. The molecular weight excluding hydrogens is 232 g/mol. The van der Waals surface area contributed by atoms with Crippen LogP contribution in [0.25, 0.3) is 0 Å². The molecule has 0 bridgehead atoms. The van der Waals surface area contributed by atoms with Gasteiger partial charge in [-0.15, -0.1) is 0 Å². The second-order valence-corrected chi connectivity index (χ2v) is 6.15. The third kappa shape index (κ3) is 4.72. The minimum absolute atomic E-state index is 0.269. The molecule has 17 heavy (non-hydrogen) atoms. The maximum atomic E-state index is 9.99. The molecule has 1 heterocycles. The molecule has 0 radical (unpaired) electrons. The van der Waals surface area contributed by atoms with Gasteiger partial charge in [-0.05, 0) is 24.7 Å². The van der Waals surface area contributed by atoms with Crippen LogP contribution >= 0.6 is 11.8 Å². The first kappa shape index (κ1) is 14.6. The minimum atomic E-state index is -0.269. The summed E-state index contributed by atoms with van der Waals surface area (Å²) in [6.45, 7) is 9.38. The Labute approximate surface area is 109 Å². The van der Waals surface area contributed by atoms with Crippen LogP contribution < -0.4 is 0 Å². The highest BCUT2D eigenvalue weighted by Gasteiger charge is 2.12. The Hall–Kier alpha value is -0.480. The van der Waals surface area contributed by atoms with Crippen LogP contribution in [0.15, 0.2) is 6.07 Å². The van der Waals surface area contributed by atoms with Gasteiger partial charge in [0, 0.05) is 24.4 Å². The van der Waals surface area contributed by atoms with E-state index in [2.05, 4.69) is 38.9 Å². The van der Waals surface area contributed by atoms with Crippen molar-refractivity contribution in [3.05, 3.63) is 17.5 Å². The molecule has 1 unspecified atom stereocenters. The van der Waals surface area contributed by atoms with Gasteiger partial charge < -0.3 is 5.11 Å². The summed E-state index contributed by atoms with van der Waals surface area (Å²) < 4.78 is 2.00. The smallest absolute Gasteiger partial charge is 0.0685 e.